The first-order chi connectivity index (χ1) is 14.6. The van der Waals surface area contributed by atoms with Gasteiger partial charge in [0, 0.05) is 55.2 Å². The normalized spacial score (nSPS) is 14.2. The molecule has 9 nitrogen and oxygen atoms in total. The molecule has 31 heavy (non-hydrogen) atoms. The zero-order valence-corrected chi connectivity index (χ0v) is 17.8. The average molecular weight is 426 g/mol. The third-order valence-electron chi connectivity index (χ3n) is 4.73. The Labute approximate surface area is 180 Å². The number of nitrogens with one attached hydrogen (secondary N) is 1. The van der Waals surface area contributed by atoms with Crippen molar-refractivity contribution in [3.8, 4) is 0 Å². The van der Waals surface area contributed by atoms with Crippen LogP contribution in [0.3, 0.4) is 0 Å². The first kappa shape index (κ1) is 22.1. The molecule has 9 heteroatoms. The number of nitrogens with zero attached hydrogens (tertiary/aromatic N) is 3. The lowest BCUT2D eigenvalue weighted by atomic mass is 10.1. The molecule has 0 bridgehead atoms. The van der Waals surface area contributed by atoms with Crippen molar-refractivity contribution in [3.05, 3.63) is 64.2 Å². The third kappa shape index (κ3) is 5.94. The molecule has 0 aromatic heterocycles. The number of hydrogen-bond acceptors (Lipinski definition) is 6. The Morgan fingerprint density at radius 2 is 1.71 bits per heavy atom. The largest absolute Gasteiger partial charge is 0.444 e. The van der Waals surface area contributed by atoms with Gasteiger partial charge in [-0.2, -0.15) is 0 Å². The van der Waals surface area contributed by atoms with E-state index < -0.39 is 16.6 Å². The number of carbonyl (C=O) groups excluding carboxylic acids is 2. The topological polar surface area (TPSA) is 105 Å². The summed E-state index contributed by atoms with van der Waals surface area (Å²) in [5.41, 5.74) is 1.15. The number of hydrogen-bond donors (Lipinski definition) is 1. The van der Waals surface area contributed by atoms with E-state index in [-0.39, 0.29) is 11.6 Å². The van der Waals surface area contributed by atoms with Crippen molar-refractivity contribution in [1.82, 2.24) is 4.90 Å². The lowest BCUT2D eigenvalue weighted by molar-refractivity contribution is -0.384. The van der Waals surface area contributed by atoms with Crippen LogP contribution in [0.5, 0.6) is 0 Å². The molecule has 2 aromatic rings. The fraction of sp³-hybridized carbons (Fsp3) is 0.364. The van der Waals surface area contributed by atoms with E-state index in [1.54, 1.807) is 62.1 Å². The molecule has 3 rings (SSSR count). The molecule has 2 aromatic carbocycles. The van der Waals surface area contributed by atoms with Gasteiger partial charge in [-0.25, -0.2) is 4.79 Å². The molecule has 1 aliphatic rings. The summed E-state index contributed by atoms with van der Waals surface area (Å²) >= 11 is 0. The van der Waals surface area contributed by atoms with Gasteiger partial charge in [0.25, 0.3) is 11.6 Å². The molecule has 0 saturated carbocycles. The summed E-state index contributed by atoms with van der Waals surface area (Å²) in [4.78, 5) is 39.2. The Bertz CT molecular complexity index is 978. The van der Waals surface area contributed by atoms with E-state index in [9.17, 15) is 19.7 Å². The highest BCUT2D eigenvalue weighted by Crippen LogP contribution is 2.23. The van der Waals surface area contributed by atoms with Gasteiger partial charge in [-0.3, -0.25) is 20.2 Å². The molecular weight excluding hydrogens is 400 g/mol. The summed E-state index contributed by atoms with van der Waals surface area (Å²) in [6.45, 7) is 7.46. The highest BCUT2D eigenvalue weighted by molar-refractivity contribution is 5.96. The molecule has 0 unspecified atom stereocenters. The molecule has 1 saturated heterocycles. The SMILES string of the molecule is CC(C)(C)OC(=O)Nc1cccc(C(=O)N2CCN(c3cccc([N+](=O)[O-])c3)CC2)c1. The molecule has 164 valence electrons. The van der Waals surface area contributed by atoms with Gasteiger partial charge in [0.15, 0.2) is 0 Å². The average Bonchev–Trinajstić information content (AvgIpc) is 2.72. The van der Waals surface area contributed by atoms with Crippen molar-refractivity contribution in [2.45, 2.75) is 26.4 Å². The zero-order valence-electron chi connectivity index (χ0n) is 17.8. The van der Waals surface area contributed by atoms with Crippen molar-refractivity contribution >= 4 is 29.1 Å². The third-order valence-corrected chi connectivity index (χ3v) is 4.73. The zero-order chi connectivity index (χ0) is 22.6. The minimum absolute atomic E-state index is 0.0466. The van der Waals surface area contributed by atoms with Gasteiger partial charge >= 0.3 is 6.09 Å². The van der Waals surface area contributed by atoms with Crippen molar-refractivity contribution in [3.63, 3.8) is 0 Å². The van der Waals surface area contributed by atoms with Gasteiger partial charge in [0.1, 0.15) is 5.60 Å². The Hall–Kier alpha value is -3.62. The lowest BCUT2D eigenvalue weighted by Gasteiger charge is -2.36. The van der Waals surface area contributed by atoms with E-state index in [1.807, 2.05) is 11.0 Å². The quantitative estimate of drug-likeness (QED) is 0.587. The number of amides is 2. The summed E-state index contributed by atoms with van der Waals surface area (Å²) in [5, 5.41) is 13.6. The molecule has 1 N–H and O–H groups in total. The van der Waals surface area contributed by atoms with Crippen LogP contribution in [0.2, 0.25) is 0 Å². The number of non-ortho nitro benzene ring substituents is 1. The van der Waals surface area contributed by atoms with Gasteiger partial charge in [-0.05, 0) is 45.0 Å². The molecule has 1 fully saturated rings. The maximum Gasteiger partial charge on any atom is 0.412 e. The van der Waals surface area contributed by atoms with Crippen LogP contribution in [0.15, 0.2) is 48.5 Å². The number of benzene rings is 2. The molecule has 0 atom stereocenters. The minimum Gasteiger partial charge on any atom is -0.444 e. The minimum atomic E-state index is -0.615. The van der Waals surface area contributed by atoms with E-state index >= 15 is 0 Å². The Balaban J connectivity index is 1.61. The highest BCUT2D eigenvalue weighted by Gasteiger charge is 2.24. The van der Waals surface area contributed by atoms with Gasteiger partial charge in [0.05, 0.1) is 4.92 Å². The number of ether oxygens (including phenoxy) is 1. The van der Waals surface area contributed by atoms with Gasteiger partial charge in [0.2, 0.25) is 0 Å². The van der Waals surface area contributed by atoms with Crippen LogP contribution in [0.4, 0.5) is 21.9 Å². The number of rotatable bonds is 4. The fourth-order valence-corrected chi connectivity index (χ4v) is 3.31. The smallest absolute Gasteiger partial charge is 0.412 e. The van der Waals surface area contributed by atoms with Gasteiger partial charge < -0.3 is 14.5 Å². The van der Waals surface area contributed by atoms with Crippen LogP contribution in [-0.2, 0) is 4.74 Å². The molecule has 0 radical (unpaired) electrons. The predicted octanol–water partition coefficient (Wildman–Crippen LogP) is 3.90. The Morgan fingerprint density at radius 1 is 1.03 bits per heavy atom. The number of piperazine rings is 1. The first-order valence-corrected chi connectivity index (χ1v) is 10.0. The standard InChI is InChI=1S/C22H26N4O5/c1-22(2,3)31-21(28)23-17-7-4-6-16(14-17)20(27)25-12-10-24(11-13-25)18-8-5-9-19(15-18)26(29)30/h4-9,14-15H,10-13H2,1-3H3,(H,23,28). The fourth-order valence-electron chi connectivity index (χ4n) is 3.31. The summed E-state index contributed by atoms with van der Waals surface area (Å²) in [5.74, 6) is -0.133. The van der Waals surface area contributed by atoms with E-state index in [2.05, 4.69) is 5.32 Å². The molecule has 0 aliphatic carbocycles. The monoisotopic (exact) mass is 426 g/mol. The summed E-state index contributed by atoms with van der Waals surface area (Å²) in [6.07, 6.45) is -0.581. The number of carbonyl (C=O) groups is 2. The van der Waals surface area contributed by atoms with Crippen LogP contribution >= 0.6 is 0 Å². The van der Waals surface area contributed by atoms with E-state index in [1.165, 1.54) is 6.07 Å². The number of nitro benzene ring substituents is 1. The molecule has 1 aliphatic heterocycles. The number of anilines is 2. The first-order valence-electron chi connectivity index (χ1n) is 10.0. The van der Waals surface area contributed by atoms with Crippen LogP contribution in [0, 0.1) is 10.1 Å². The van der Waals surface area contributed by atoms with E-state index in [4.69, 9.17) is 4.74 Å². The summed E-state index contributed by atoms with van der Waals surface area (Å²) in [7, 11) is 0. The summed E-state index contributed by atoms with van der Waals surface area (Å²) < 4.78 is 5.24. The van der Waals surface area contributed by atoms with E-state index in [0.29, 0.717) is 37.4 Å². The predicted molar refractivity (Wildman–Crippen MR) is 118 cm³/mol. The molecule has 0 spiro atoms. The van der Waals surface area contributed by atoms with Crippen LogP contribution in [0.1, 0.15) is 31.1 Å². The molecular formula is C22H26N4O5. The van der Waals surface area contributed by atoms with Crippen molar-refractivity contribution in [2.75, 3.05) is 36.4 Å². The maximum atomic E-state index is 12.9. The second-order valence-electron chi connectivity index (χ2n) is 8.26. The van der Waals surface area contributed by atoms with Crippen LogP contribution in [-0.4, -0.2) is 53.6 Å². The lowest BCUT2D eigenvalue weighted by Crippen LogP contribution is -2.48. The molecule has 1 heterocycles. The van der Waals surface area contributed by atoms with Crippen LogP contribution in [0.25, 0.3) is 0 Å². The number of nitro groups is 1. The summed E-state index contributed by atoms with van der Waals surface area (Å²) in [6, 6.07) is 13.2. The van der Waals surface area contributed by atoms with Gasteiger partial charge in [-0.1, -0.05) is 12.1 Å². The van der Waals surface area contributed by atoms with Crippen LogP contribution < -0.4 is 10.2 Å². The van der Waals surface area contributed by atoms with Crippen molar-refractivity contribution in [1.29, 1.82) is 0 Å². The second kappa shape index (κ2) is 9.03. The van der Waals surface area contributed by atoms with Gasteiger partial charge in [-0.15, -0.1) is 0 Å². The Kier molecular flexibility index (Phi) is 6.43. The van der Waals surface area contributed by atoms with Crippen molar-refractivity contribution in [2.24, 2.45) is 0 Å². The highest BCUT2D eigenvalue weighted by atomic mass is 16.6. The Morgan fingerprint density at radius 3 is 2.35 bits per heavy atom. The maximum absolute atomic E-state index is 12.9. The molecule has 2 amide bonds. The van der Waals surface area contributed by atoms with E-state index in [0.717, 1.165) is 5.69 Å². The van der Waals surface area contributed by atoms with Crippen molar-refractivity contribution < 1.29 is 19.2 Å². The second-order valence-corrected chi connectivity index (χ2v) is 8.26.